The molecule has 18 heavy (non-hydrogen) atoms. The van der Waals surface area contributed by atoms with Crippen molar-refractivity contribution in [1.29, 1.82) is 0 Å². The first-order valence-electron chi connectivity index (χ1n) is 5.95. The second kappa shape index (κ2) is 9.75. The van der Waals surface area contributed by atoms with Crippen molar-refractivity contribution in [2.24, 2.45) is 0 Å². The number of ether oxygens (including phenoxy) is 2. The molecule has 0 heterocycles. The lowest BCUT2D eigenvalue weighted by molar-refractivity contribution is 0.0695. The zero-order chi connectivity index (χ0) is 13.2. The van der Waals surface area contributed by atoms with Gasteiger partial charge in [-0.2, -0.15) is 0 Å². The van der Waals surface area contributed by atoms with E-state index in [-0.39, 0.29) is 0 Å². The first-order chi connectivity index (χ1) is 8.74. The minimum absolute atomic E-state index is 0.658. The molecule has 1 aromatic carbocycles. The zero-order valence-corrected chi connectivity index (χ0v) is 12.9. The van der Waals surface area contributed by atoms with Crippen LogP contribution in [0.4, 0.5) is 0 Å². The second-order valence-corrected chi connectivity index (χ2v) is 5.16. The molecule has 0 atom stereocenters. The minimum Gasteiger partial charge on any atom is -0.382 e. The van der Waals surface area contributed by atoms with Crippen molar-refractivity contribution in [3.63, 3.8) is 0 Å². The van der Waals surface area contributed by atoms with Crippen LogP contribution in [0.15, 0.2) is 22.7 Å². The van der Waals surface area contributed by atoms with E-state index in [2.05, 4.69) is 21.2 Å². The molecule has 0 spiro atoms. The van der Waals surface area contributed by atoms with Gasteiger partial charge in [-0.15, -0.1) is 0 Å². The van der Waals surface area contributed by atoms with Crippen LogP contribution in [0, 0.1) is 0 Å². The molecule has 0 aliphatic rings. The highest BCUT2D eigenvalue weighted by Crippen LogP contribution is 2.21. The van der Waals surface area contributed by atoms with Crippen molar-refractivity contribution in [2.45, 2.75) is 13.0 Å². The van der Waals surface area contributed by atoms with Crippen LogP contribution in [0.5, 0.6) is 0 Å². The van der Waals surface area contributed by atoms with Gasteiger partial charge in [-0.05, 0) is 30.7 Å². The predicted octanol–water partition coefficient (Wildman–Crippen LogP) is 3.25. The van der Waals surface area contributed by atoms with Crippen LogP contribution >= 0.6 is 27.5 Å². The van der Waals surface area contributed by atoms with Gasteiger partial charge in [-0.25, -0.2) is 0 Å². The van der Waals surface area contributed by atoms with Crippen molar-refractivity contribution in [2.75, 3.05) is 33.5 Å². The summed E-state index contributed by atoms with van der Waals surface area (Å²) in [6.07, 6.45) is 0.995. The van der Waals surface area contributed by atoms with Crippen LogP contribution in [-0.2, 0) is 16.0 Å². The SMILES string of the molecule is COCCOCCCNCc1ccc(Cl)cc1Br. The summed E-state index contributed by atoms with van der Waals surface area (Å²) in [4.78, 5) is 0. The Labute approximate surface area is 122 Å². The van der Waals surface area contributed by atoms with Gasteiger partial charge < -0.3 is 14.8 Å². The van der Waals surface area contributed by atoms with Crippen molar-refractivity contribution in [3.05, 3.63) is 33.3 Å². The predicted molar refractivity (Wildman–Crippen MR) is 78.2 cm³/mol. The summed E-state index contributed by atoms with van der Waals surface area (Å²) in [5.41, 5.74) is 1.21. The zero-order valence-electron chi connectivity index (χ0n) is 10.5. The molecule has 3 nitrogen and oxygen atoms in total. The molecule has 1 aromatic rings. The third kappa shape index (κ3) is 6.71. The first kappa shape index (κ1) is 15.9. The number of rotatable bonds is 9. The smallest absolute Gasteiger partial charge is 0.0700 e. The first-order valence-corrected chi connectivity index (χ1v) is 7.12. The maximum Gasteiger partial charge on any atom is 0.0700 e. The number of hydrogen-bond donors (Lipinski definition) is 1. The van der Waals surface area contributed by atoms with E-state index in [1.54, 1.807) is 7.11 Å². The molecule has 0 bridgehead atoms. The fourth-order valence-corrected chi connectivity index (χ4v) is 2.25. The molecule has 0 unspecified atom stereocenters. The number of benzene rings is 1. The van der Waals surface area contributed by atoms with Gasteiger partial charge in [0.1, 0.15) is 0 Å². The van der Waals surface area contributed by atoms with Crippen LogP contribution < -0.4 is 5.32 Å². The minimum atomic E-state index is 0.658. The Morgan fingerprint density at radius 3 is 2.83 bits per heavy atom. The van der Waals surface area contributed by atoms with E-state index in [9.17, 15) is 0 Å². The largest absolute Gasteiger partial charge is 0.382 e. The molecule has 0 saturated carbocycles. The summed E-state index contributed by atoms with van der Waals surface area (Å²) in [6.45, 7) is 3.85. The summed E-state index contributed by atoms with van der Waals surface area (Å²) in [7, 11) is 1.68. The summed E-state index contributed by atoms with van der Waals surface area (Å²) < 4.78 is 11.3. The van der Waals surface area contributed by atoms with Crippen molar-refractivity contribution in [1.82, 2.24) is 5.32 Å². The highest BCUT2D eigenvalue weighted by molar-refractivity contribution is 9.10. The molecule has 1 N–H and O–H groups in total. The van der Waals surface area contributed by atoms with Gasteiger partial charge in [-0.3, -0.25) is 0 Å². The maximum absolute atomic E-state index is 5.88. The Bertz CT molecular complexity index is 350. The van der Waals surface area contributed by atoms with Gasteiger partial charge in [-0.1, -0.05) is 33.6 Å². The monoisotopic (exact) mass is 335 g/mol. The molecule has 0 aliphatic heterocycles. The summed E-state index contributed by atoms with van der Waals surface area (Å²) in [6, 6.07) is 5.83. The third-order valence-electron chi connectivity index (χ3n) is 2.40. The number of hydrogen-bond acceptors (Lipinski definition) is 3. The quantitative estimate of drug-likeness (QED) is 0.702. The summed E-state index contributed by atoms with van der Waals surface area (Å²) in [5.74, 6) is 0. The second-order valence-electron chi connectivity index (χ2n) is 3.87. The highest BCUT2D eigenvalue weighted by Gasteiger charge is 2.00. The molecule has 0 radical (unpaired) electrons. The molecular formula is C13H19BrClNO2. The van der Waals surface area contributed by atoms with E-state index < -0.39 is 0 Å². The van der Waals surface area contributed by atoms with Crippen LogP contribution in [-0.4, -0.2) is 33.5 Å². The van der Waals surface area contributed by atoms with Crippen molar-refractivity contribution >= 4 is 27.5 Å². The fourth-order valence-electron chi connectivity index (χ4n) is 1.43. The van der Waals surface area contributed by atoms with Crippen molar-refractivity contribution < 1.29 is 9.47 Å². The van der Waals surface area contributed by atoms with Crippen LogP contribution in [0.3, 0.4) is 0 Å². The Hall–Kier alpha value is -0.130. The normalized spacial score (nSPS) is 10.8. The van der Waals surface area contributed by atoms with Gasteiger partial charge in [0.15, 0.2) is 0 Å². The molecule has 1 rings (SSSR count). The fraction of sp³-hybridized carbons (Fsp3) is 0.538. The van der Waals surface area contributed by atoms with Crippen molar-refractivity contribution in [3.8, 4) is 0 Å². The van der Waals surface area contributed by atoms with E-state index in [0.717, 1.165) is 35.6 Å². The number of nitrogens with one attached hydrogen (secondary N) is 1. The van der Waals surface area contributed by atoms with Crippen LogP contribution in [0.25, 0.3) is 0 Å². The van der Waals surface area contributed by atoms with E-state index >= 15 is 0 Å². The molecule has 0 saturated heterocycles. The molecule has 0 aliphatic carbocycles. The number of halogens is 2. The van der Waals surface area contributed by atoms with Gasteiger partial charge in [0.05, 0.1) is 13.2 Å². The van der Waals surface area contributed by atoms with Gasteiger partial charge in [0.2, 0.25) is 0 Å². The lowest BCUT2D eigenvalue weighted by Crippen LogP contribution is -2.17. The van der Waals surface area contributed by atoms with Gasteiger partial charge in [0.25, 0.3) is 0 Å². The summed E-state index contributed by atoms with van der Waals surface area (Å²) >= 11 is 9.38. The average molecular weight is 337 g/mol. The molecular weight excluding hydrogens is 318 g/mol. The molecule has 0 fully saturated rings. The van der Waals surface area contributed by atoms with Crippen LogP contribution in [0.2, 0.25) is 5.02 Å². The molecule has 102 valence electrons. The molecule has 0 aromatic heterocycles. The number of methoxy groups -OCH3 is 1. The Kier molecular flexibility index (Phi) is 8.63. The van der Waals surface area contributed by atoms with E-state index in [1.165, 1.54) is 5.56 Å². The van der Waals surface area contributed by atoms with Crippen LogP contribution in [0.1, 0.15) is 12.0 Å². The molecule has 5 heteroatoms. The Balaban J connectivity index is 2.07. The lowest BCUT2D eigenvalue weighted by atomic mass is 10.2. The van der Waals surface area contributed by atoms with E-state index in [4.69, 9.17) is 21.1 Å². The van der Waals surface area contributed by atoms with E-state index in [1.807, 2.05) is 18.2 Å². The highest BCUT2D eigenvalue weighted by atomic mass is 79.9. The van der Waals surface area contributed by atoms with E-state index in [0.29, 0.717) is 13.2 Å². The standard InChI is InChI=1S/C13H19BrClNO2/c1-17-7-8-18-6-2-5-16-10-11-3-4-12(15)9-13(11)14/h3-4,9,16H,2,5-8,10H2,1H3. The Morgan fingerprint density at radius 1 is 1.28 bits per heavy atom. The average Bonchev–Trinajstić information content (AvgIpc) is 2.35. The lowest BCUT2D eigenvalue weighted by Gasteiger charge is -2.07. The third-order valence-corrected chi connectivity index (χ3v) is 3.38. The topological polar surface area (TPSA) is 30.5 Å². The van der Waals surface area contributed by atoms with Gasteiger partial charge >= 0.3 is 0 Å². The Morgan fingerprint density at radius 2 is 2.11 bits per heavy atom. The maximum atomic E-state index is 5.88. The summed E-state index contributed by atoms with van der Waals surface area (Å²) in [5, 5.41) is 4.12. The van der Waals surface area contributed by atoms with Gasteiger partial charge in [0, 0.05) is 29.8 Å². The molecule has 0 amide bonds.